The van der Waals surface area contributed by atoms with E-state index in [1.54, 1.807) is 0 Å². The van der Waals surface area contributed by atoms with Gasteiger partial charge >= 0.3 is 5.97 Å². The number of carbonyl (C=O) groups excluding carboxylic acids is 1. The fraction of sp³-hybridized carbons (Fsp3) is 0.588. The van der Waals surface area contributed by atoms with E-state index in [-0.39, 0.29) is 11.4 Å². The number of carbonyl (C=O) groups is 1. The van der Waals surface area contributed by atoms with E-state index in [1.165, 1.54) is 25.9 Å². The van der Waals surface area contributed by atoms with Crippen molar-refractivity contribution < 1.29 is 9.53 Å². The summed E-state index contributed by atoms with van der Waals surface area (Å²) in [5.74, 6) is 0.387. The molecule has 1 aromatic carbocycles. The molecule has 1 aromatic rings. The lowest BCUT2D eigenvalue weighted by molar-refractivity contribution is -0.146. The minimum atomic E-state index is -0.375. The number of rotatable bonds is 5. The average molecular weight is 273 g/mol. The van der Waals surface area contributed by atoms with Crippen LogP contribution in [0, 0.1) is 5.92 Å². The van der Waals surface area contributed by atoms with Crippen LogP contribution in [0.5, 0.6) is 0 Å². The van der Waals surface area contributed by atoms with E-state index in [9.17, 15) is 4.79 Å². The van der Waals surface area contributed by atoms with E-state index in [0.717, 1.165) is 18.5 Å². The Hall–Kier alpha value is -1.35. The molecule has 3 rings (SSSR count). The Morgan fingerprint density at radius 1 is 1.30 bits per heavy atom. The summed E-state index contributed by atoms with van der Waals surface area (Å²) in [5, 5.41) is 0. The van der Waals surface area contributed by atoms with Crippen molar-refractivity contribution in [3.8, 4) is 0 Å². The lowest BCUT2D eigenvalue weighted by Crippen LogP contribution is -2.30. The van der Waals surface area contributed by atoms with E-state index in [0.29, 0.717) is 12.5 Å². The van der Waals surface area contributed by atoms with E-state index in [4.69, 9.17) is 4.74 Å². The van der Waals surface area contributed by atoms with Gasteiger partial charge in [0.15, 0.2) is 0 Å². The van der Waals surface area contributed by atoms with Crippen molar-refractivity contribution in [2.45, 2.75) is 31.6 Å². The molecule has 20 heavy (non-hydrogen) atoms. The van der Waals surface area contributed by atoms with Gasteiger partial charge in [0.05, 0.1) is 12.0 Å². The quantitative estimate of drug-likeness (QED) is 0.772. The second kappa shape index (κ2) is 5.57. The molecule has 2 fully saturated rings. The molecule has 0 spiro atoms. The van der Waals surface area contributed by atoms with Crippen LogP contribution in [-0.2, 0) is 14.9 Å². The molecule has 2 aliphatic rings. The van der Waals surface area contributed by atoms with Crippen LogP contribution < -0.4 is 0 Å². The number of esters is 1. The third kappa shape index (κ3) is 2.35. The van der Waals surface area contributed by atoms with Crippen molar-refractivity contribution in [3.05, 3.63) is 35.9 Å². The van der Waals surface area contributed by atoms with Crippen molar-refractivity contribution in [2.75, 3.05) is 26.2 Å². The van der Waals surface area contributed by atoms with Gasteiger partial charge < -0.3 is 9.64 Å². The van der Waals surface area contributed by atoms with Gasteiger partial charge in [0, 0.05) is 6.54 Å². The van der Waals surface area contributed by atoms with Crippen molar-refractivity contribution in [1.29, 1.82) is 0 Å². The number of likely N-dealkylation sites (tertiary alicyclic amines) is 1. The molecular formula is C17H23NO2. The summed E-state index contributed by atoms with van der Waals surface area (Å²) in [6.07, 6.45) is 3.53. The highest BCUT2D eigenvalue weighted by atomic mass is 16.5. The first-order valence-corrected chi connectivity index (χ1v) is 7.72. The number of nitrogens with zero attached hydrogens (tertiary/aromatic N) is 1. The molecule has 2 atom stereocenters. The van der Waals surface area contributed by atoms with Crippen LogP contribution in [0.4, 0.5) is 0 Å². The predicted molar refractivity (Wildman–Crippen MR) is 78.5 cm³/mol. The summed E-state index contributed by atoms with van der Waals surface area (Å²) >= 11 is 0. The van der Waals surface area contributed by atoms with E-state index >= 15 is 0 Å². The molecule has 0 unspecified atom stereocenters. The average Bonchev–Trinajstić information content (AvgIpc) is 2.95. The van der Waals surface area contributed by atoms with Gasteiger partial charge in [-0.1, -0.05) is 30.3 Å². The molecule has 0 radical (unpaired) electrons. The molecule has 1 aliphatic carbocycles. The molecule has 108 valence electrons. The van der Waals surface area contributed by atoms with E-state index in [1.807, 2.05) is 25.1 Å². The van der Waals surface area contributed by atoms with Gasteiger partial charge in [-0.3, -0.25) is 4.79 Å². The molecule has 3 nitrogen and oxygen atoms in total. The van der Waals surface area contributed by atoms with Gasteiger partial charge in [-0.25, -0.2) is 0 Å². The Kier molecular flexibility index (Phi) is 3.79. The molecule has 1 heterocycles. The molecule has 1 saturated carbocycles. The number of hydrogen-bond acceptors (Lipinski definition) is 3. The lowest BCUT2D eigenvalue weighted by atomic mass is 9.93. The van der Waals surface area contributed by atoms with Crippen molar-refractivity contribution >= 4 is 5.97 Å². The van der Waals surface area contributed by atoms with E-state index in [2.05, 4.69) is 17.0 Å². The zero-order chi connectivity index (χ0) is 14.0. The number of benzene rings is 1. The molecular weight excluding hydrogens is 250 g/mol. The number of ether oxygens (including phenoxy) is 1. The third-order valence-electron chi connectivity index (χ3n) is 4.71. The van der Waals surface area contributed by atoms with Crippen LogP contribution in [0.15, 0.2) is 30.3 Å². The summed E-state index contributed by atoms with van der Waals surface area (Å²) < 4.78 is 5.36. The van der Waals surface area contributed by atoms with Crippen molar-refractivity contribution in [1.82, 2.24) is 4.90 Å². The fourth-order valence-electron chi connectivity index (χ4n) is 3.54. The van der Waals surface area contributed by atoms with Crippen LogP contribution in [-0.4, -0.2) is 37.1 Å². The van der Waals surface area contributed by atoms with Crippen molar-refractivity contribution in [3.63, 3.8) is 0 Å². The zero-order valence-electron chi connectivity index (χ0n) is 12.2. The maximum absolute atomic E-state index is 12.5. The zero-order valence-corrected chi connectivity index (χ0v) is 12.2. The van der Waals surface area contributed by atoms with Crippen LogP contribution >= 0.6 is 0 Å². The first-order valence-electron chi connectivity index (χ1n) is 7.72. The Balaban J connectivity index is 1.78. The molecule has 0 bridgehead atoms. The van der Waals surface area contributed by atoms with Gasteiger partial charge in [-0.15, -0.1) is 0 Å². The largest absolute Gasteiger partial charge is 0.465 e. The van der Waals surface area contributed by atoms with Crippen LogP contribution in [0.3, 0.4) is 0 Å². The van der Waals surface area contributed by atoms with Crippen LogP contribution in [0.1, 0.15) is 31.7 Å². The first kappa shape index (κ1) is 13.6. The molecule has 0 N–H and O–H groups in total. The lowest BCUT2D eigenvalue weighted by Gasteiger charge is -2.20. The Morgan fingerprint density at radius 3 is 2.65 bits per heavy atom. The van der Waals surface area contributed by atoms with Gasteiger partial charge in [-0.2, -0.15) is 0 Å². The summed E-state index contributed by atoms with van der Waals surface area (Å²) in [4.78, 5) is 15.0. The Morgan fingerprint density at radius 2 is 2.00 bits per heavy atom. The highest BCUT2D eigenvalue weighted by Crippen LogP contribution is 2.55. The van der Waals surface area contributed by atoms with Gasteiger partial charge in [0.25, 0.3) is 0 Å². The molecule has 1 saturated heterocycles. The van der Waals surface area contributed by atoms with Gasteiger partial charge in [0.1, 0.15) is 0 Å². The summed E-state index contributed by atoms with van der Waals surface area (Å²) in [5.41, 5.74) is 0.752. The predicted octanol–water partition coefficient (Wildman–Crippen LogP) is 2.60. The monoisotopic (exact) mass is 273 g/mol. The molecule has 3 heteroatoms. The highest BCUT2D eigenvalue weighted by Gasteiger charge is 2.62. The Bertz CT molecular complexity index is 467. The Labute approximate surface area is 120 Å². The summed E-state index contributed by atoms with van der Waals surface area (Å²) in [6.45, 7) is 5.75. The maximum atomic E-state index is 12.5. The normalized spacial score (nSPS) is 29.4. The number of hydrogen-bond donors (Lipinski definition) is 0. The van der Waals surface area contributed by atoms with Crippen LogP contribution in [0.25, 0.3) is 0 Å². The van der Waals surface area contributed by atoms with Gasteiger partial charge in [0.2, 0.25) is 0 Å². The van der Waals surface area contributed by atoms with Gasteiger partial charge in [-0.05, 0) is 50.8 Å². The molecule has 0 amide bonds. The summed E-state index contributed by atoms with van der Waals surface area (Å²) in [7, 11) is 0. The smallest absolute Gasteiger partial charge is 0.316 e. The summed E-state index contributed by atoms with van der Waals surface area (Å²) in [6, 6.07) is 10.2. The SMILES string of the molecule is CCOC(=O)[C@]1(c2ccccc2)C[C@@H]1CN1CCCC1. The van der Waals surface area contributed by atoms with E-state index < -0.39 is 0 Å². The minimum absolute atomic E-state index is 0.0320. The first-order chi connectivity index (χ1) is 9.77. The minimum Gasteiger partial charge on any atom is -0.465 e. The highest BCUT2D eigenvalue weighted by molar-refractivity contribution is 5.87. The topological polar surface area (TPSA) is 29.5 Å². The second-order valence-corrected chi connectivity index (χ2v) is 5.97. The standard InChI is InChI=1S/C17H23NO2/c1-2-20-16(19)17(14-8-4-3-5-9-14)12-15(17)13-18-10-6-7-11-18/h3-5,8-9,15H,2,6-7,10-13H2,1H3/t15-,17+/m1/s1. The second-order valence-electron chi connectivity index (χ2n) is 5.97. The van der Waals surface area contributed by atoms with Crippen LogP contribution in [0.2, 0.25) is 0 Å². The molecule has 1 aliphatic heterocycles. The van der Waals surface area contributed by atoms with Crippen molar-refractivity contribution in [2.24, 2.45) is 5.92 Å². The molecule has 0 aromatic heterocycles. The fourth-order valence-corrected chi connectivity index (χ4v) is 3.54. The third-order valence-corrected chi connectivity index (χ3v) is 4.71. The maximum Gasteiger partial charge on any atom is 0.316 e.